The number of fused-ring (bicyclic) bond motifs is 9. The van der Waals surface area contributed by atoms with Crippen molar-refractivity contribution in [2.75, 3.05) is 0 Å². The molecule has 57 heavy (non-hydrogen) atoms. The summed E-state index contributed by atoms with van der Waals surface area (Å²) in [4.78, 5) is 0. The lowest BCUT2D eigenvalue weighted by molar-refractivity contribution is 0.770. The molecular formula is C55H36N2. The Morgan fingerprint density at radius 3 is 1.56 bits per heavy atom. The Kier molecular flexibility index (Phi) is 6.88. The van der Waals surface area contributed by atoms with Crippen molar-refractivity contribution < 1.29 is 0 Å². The Balaban J connectivity index is 1.15. The summed E-state index contributed by atoms with van der Waals surface area (Å²) in [5.41, 5.74) is 16.8. The van der Waals surface area contributed by atoms with Crippen LogP contribution in [0.3, 0.4) is 0 Å². The number of aromatic nitrogens is 2. The van der Waals surface area contributed by atoms with Crippen molar-refractivity contribution in [1.82, 2.24) is 9.13 Å². The smallest absolute Gasteiger partial charge is 0.0713 e. The molecule has 2 aromatic heterocycles. The van der Waals surface area contributed by atoms with E-state index >= 15 is 0 Å². The summed E-state index contributed by atoms with van der Waals surface area (Å²) in [6.07, 6.45) is 0. The molecule has 0 N–H and O–H groups in total. The molecule has 0 amide bonds. The summed E-state index contributed by atoms with van der Waals surface area (Å²) in [6, 6.07) is 80.5. The van der Waals surface area contributed by atoms with Gasteiger partial charge in [-0.2, -0.15) is 0 Å². The second-order valence-electron chi connectivity index (χ2n) is 15.2. The van der Waals surface area contributed by atoms with Gasteiger partial charge >= 0.3 is 0 Å². The number of nitrogens with zero attached hydrogens (tertiary/aromatic N) is 2. The van der Waals surface area contributed by atoms with Gasteiger partial charge in [0.1, 0.15) is 0 Å². The highest BCUT2D eigenvalue weighted by atomic mass is 15.0. The monoisotopic (exact) mass is 724 g/mol. The third kappa shape index (κ3) is 4.47. The molecule has 0 bridgehead atoms. The number of hydrogen-bond donors (Lipinski definition) is 0. The molecule has 11 aromatic rings. The van der Waals surface area contributed by atoms with Crippen LogP contribution < -0.4 is 0 Å². The summed E-state index contributed by atoms with van der Waals surface area (Å²) in [6.45, 7) is 0. The van der Waals surface area contributed by atoms with Crippen LogP contribution in [0.5, 0.6) is 0 Å². The first-order valence-electron chi connectivity index (χ1n) is 19.8. The maximum atomic E-state index is 2.48. The molecule has 0 saturated heterocycles. The summed E-state index contributed by atoms with van der Waals surface area (Å²) >= 11 is 0. The first-order valence-corrected chi connectivity index (χ1v) is 19.8. The van der Waals surface area contributed by atoms with Crippen LogP contribution in [0.15, 0.2) is 218 Å². The molecule has 2 nitrogen and oxygen atoms in total. The molecule has 0 saturated carbocycles. The van der Waals surface area contributed by atoms with Crippen LogP contribution in [0.2, 0.25) is 0 Å². The van der Waals surface area contributed by atoms with Crippen LogP contribution >= 0.6 is 0 Å². The molecule has 2 heteroatoms. The predicted octanol–water partition coefficient (Wildman–Crippen LogP) is 13.9. The molecular weight excluding hydrogens is 689 g/mol. The van der Waals surface area contributed by atoms with E-state index in [2.05, 4.69) is 228 Å². The minimum absolute atomic E-state index is 0.468. The van der Waals surface area contributed by atoms with E-state index in [0.717, 1.165) is 11.4 Å². The van der Waals surface area contributed by atoms with E-state index in [4.69, 9.17) is 0 Å². The molecule has 2 heterocycles. The first-order chi connectivity index (χ1) is 28.3. The first kappa shape index (κ1) is 31.9. The zero-order valence-corrected chi connectivity index (χ0v) is 31.2. The maximum absolute atomic E-state index is 2.48. The zero-order chi connectivity index (χ0) is 37.5. The maximum Gasteiger partial charge on any atom is 0.0713 e. The number of hydrogen-bond acceptors (Lipinski definition) is 0. The Labute approximate surface area is 331 Å². The molecule has 0 spiro atoms. The molecule has 0 radical (unpaired) electrons. The van der Waals surface area contributed by atoms with Crippen LogP contribution in [-0.2, 0) is 5.41 Å². The van der Waals surface area contributed by atoms with Crippen LogP contribution in [0.4, 0.5) is 0 Å². The minimum Gasteiger partial charge on any atom is -0.309 e. The van der Waals surface area contributed by atoms with E-state index < -0.39 is 5.41 Å². The van der Waals surface area contributed by atoms with Gasteiger partial charge in [-0.25, -0.2) is 0 Å². The van der Waals surface area contributed by atoms with Crippen molar-refractivity contribution in [2.45, 2.75) is 5.41 Å². The van der Waals surface area contributed by atoms with Crippen molar-refractivity contribution in [3.05, 3.63) is 241 Å². The average molecular weight is 725 g/mol. The second-order valence-corrected chi connectivity index (χ2v) is 15.2. The molecule has 0 unspecified atom stereocenters. The van der Waals surface area contributed by atoms with Gasteiger partial charge in [-0.3, -0.25) is 0 Å². The molecule has 12 rings (SSSR count). The van der Waals surface area contributed by atoms with E-state index in [1.807, 2.05) is 0 Å². The SMILES string of the molecule is c1ccc(-n2c3ccc(C4(c5ccccc5)c5ccccc5-c5ccccc54)cc3c3ccc(-c4cccc5c6ccccc6n(-c6ccccc6)c45)cc32)cc1. The topological polar surface area (TPSA) is 9.86 Å². The molecule has 0 aliphatic heterocycles. The van der Waals surface area contributed by atoms with Crippen LogP contribution in [0.25, 0.3) is 77.2 Å². The van der Waals surface area contributed by atoms with Crippen LogP contribution in [-0.4, -0.2) is 9.13 Å². The highest BCUT2D eigenvalue weighted by Gasteiger charge is 2.46. The van der Waals surface area contributed by atoms with E-state index in [0.29, 0.717) is 0 Å². The van der Waals surface area contributed by atoms with Crippen molar-refractivity contribution in [3.8, 4) is 33.6 Å². The highest BCUT2D eigenvalue weighted by Crippen LogP contribution is 2.56. The largest absolute Gasteiger partial charge is 0.309 e. The molecule has 9 aromatic carbocycles. The quantitative estimate of drug-likeness (QED) is 0.167. The van der Waals surface area contributed by atoms with Gasteiger partial charge in [-0.05, 0) is 87.5 Å². The number of para-hydroxylation sites is 4. The Morgan fingerprint density at radius 1 is 0.298 bits per heavy atom. The van der Waals surface area contributed by atoms with Crippen molar-refractivity contribution in [2.24, 2.45) is 0 Å². The van der Waals surface area contributed by atoms with Gasteiger partial charge in [0.05, 0.1) is 27.5 Å². The van der Waals surface area contributed by atoms with Crippen LogP contribution in [0, 0.1) is 0 Å². The fourth-order valence-corrected chi connectivity index (χ4v) is 10.1. The van der Waals surface area contributed by atoms with Gasteiger partial charge in [0.15, 0.2) is 0 Å². The lowest BCUT2D eigenvalue weighted by Crippen LogP contribution is -2.28. The van der Waals surface area contributed by atoms with Gasteiger partial charge in [0.25, 0.3) is 0 Å². The van der Waals surface area contributed by atoms with Crippen molar-refractivity contribution in [3.63, 3.8) is 0 Å². The van der Waals surface area contributed by atoms with E-state index in [9.17, 15) is 0 Å². The van der Waals surface area contributed by atoms with Gasteiger partial charge in [-0.1, -0.05) is 170 Å². The normalized spacial score (nSPS) is 13.1. The van der Waals surface area contributed by atoms with Crippen molar-refractivity contribution in [1.29, 1.82) is 0 Å². The third-order valence-corrected chi connectivity index (χ3v) is 12.4. The van der Waals surface area contributed by atoms with Gasteiger partial charge in [0, 0.05) is 38.5 Å². The van der Waals surface area contributed by atoms with Crippen LogP contribution in [0.1, 0.15) is 22.3 Å². The Bertz CT molecular complexity index is 3290. The van der Waals surface area contributed by atoms with Gasteiger partial charge in [-0.15, -0.1) is 0 Å². The van der Waals surface area contributed by atoms with E-state index in [-0.39, 0.29) is 0 Å². The van der Waals surface area contributed by atoms with Crippen molar-refractivity contribution >= 4 is 43.6 Å². The summed E-state index contributed by atoms with van der Waals surface area (Å²) in [5.74, 6) is 0. The summed E-state index contributed by atoms with van der Waals surface area (Å²) in [5, 5.41) is 4.99. The van der Waals surface area contributed by atoms with E-state index in [1.165, 1.54) is 88.1 Å². The van der Waals surface area contributed by atoms with Gasteiger partial charge in [0.2, 0.25) is 0 Å². The Hall–Kier alpha value is -7.42. The fourth-order valence-electron chi connectivity index (χ4n) is 10.1. The molecule has 0 atom stereocenters. The summed E-state index contributed by atoms with van der Waals surface area (Å²) in [7, 11) is 0. The summed E-state index contributed by atoms with van der Waals surface area (Å²) < 4.78 is 4.89. The lowest BCUT2D eigenvalue weighted by Gasteiger charge is -2.34. The highest BCUT2D eigenvalue weighted by molar-refractivity contribution is 6.15. The average Bonchev–Trinajstić information content (AvgIpc) is 3.91. The number of benzene rings is 9. The van der Waals surface area contributed by atoms with E-state index in [1.54, 1.807) is 0 Å². The fraction of sp³-hybridized carbons (Fsp3) is 0.0182. The lowest BCUT2D eigenvalue weighted by atomic mass is 9.67. The third-order valence-electron chi connectivity index (χ3n) is 12.4. The molecule has 1 aliphatic rings. The molecule has 266 valence electrons. The second kappa shape index (κ2) is 12.3. The standard InChI is InChI=1S/C55H36N2/c1-4-17-38(18-5-1)55(49-28-13-10-23-43(49)44-24-11-14-29-50(44)55)39-32-34-52-48(36-39)46-33-31-37(35-53(46)56(52)40-19-6-2-7-20-40)42-26-16-27-47-45-25-12-15-30-51(45)57(54(42)47)41-21-8-3-9-22-41/h1-36H. The van der Waals surface area contributed by atoms with Gasteiger partial charge < -0.3 is 9.13 Å². The number of rotatable bonds is 5. The molecule has 0 fully saturated rings. The zero-order valence-electron chi connectivity index (χ0n) is 31.2. The molecule has 1 aliphatic carbocycles. The Morgan fingerprint density at radius 2 is 0.842 bits per heavy atom. The predicted molar refractivity (Wildman–Crippen MR) is 238 cm³/mol. The minimum atomic E-state index is -0.468.